The van der Waals surface area contributed by atoms with Crippen LogP contribution in [0.2, 0.25) is 0 Å². The molecule has 0 radical (unpaired) electrons. The number of phenols is 1. The number of ketones is 1. The van der Waals surface area contributed by atoms with E-state index in [1.165, 1.54) is 41.8 Å². The lowest BCUT2D eigenvalue weighted by atomic mass is 9.98. The number of hydrogen-bond donors (Lipinski definition) is 1. The van der Waals surface area contributed by atoms with Crippen LogP contribution in [0.5, 0.6) is 5.75 Å². The number of nitrogens with zero attached hydrogens (tertiary/aromatic N) is 2. The molecule has 1 N–H and O–H groups in total. The van der Waals surface area contributed by atoms with Crippen molar-refractivity contribution >= 4 is 46.6 Å². The molecule has 1 heterocycles. The van der Waals surface area contributed by atoms with Crippen LogP contribution in [0.4, 0.5) is 0 Å². The van der Waals surface area contributed by atoms with Crippen molar-refractivity contribution in [3.05, 3.63) is 28.8 Å². The van der Waals surface area contributed by atoms with E-state index >= 15 is 0 Å². The van der Waals surface area contributed by atoms with Gasteiger partial charge in [0.15, 0.2) is 14.5 Å². The molecular formula is C18H22N2O4S3. The minimum Gasteiger partial charge on any atom is -0.507 e. The number of carbonyl (C=O) groups excluding carboxylic acids is 2. The summed E-state index contributed by atoms with van der Waals surface area (Å²) in [4.78, 5) is 23.1. The molecule has 146 valence electrons. The number of aromatic hydroxyl groups is 1. The highest BCUT2D eigenvalue weighted by Crippen LogP contribution is 2.34. The van der Waals surface area contributed by atoms with Crippen LogP contribution >= 0.6 is 34.9 Å². The summed E-state index contributed by atoms with van der Waals surface area (Å²) in [6.07, 6.45) is 1.58. The molecule has 0 atom stereocenters. The first-order valence-corrected chi connectivity index (χ1v) is 11.3. The van der Waals surface area contributed by atoms with E-state index in [0.717, 1.165) is 21.9 Å². The van der Waals surface area contributed by atoms with Gasteiger partial charge in [-0.15, -0.1) is 10.2 Å². The summed E-state index contributed by atoms with van der Waals surface area (Å²) in [5.74, 6) is 0.519. The van der Waals surface area contributed by atoms with Crippen LogP contribution in [0.15, 0.2) is 20.8 Å². The number of ether oxygens (including phenoxy) is 1. The van der Waals surface area contributed by atoms with E-state index in [2.05, 4.69) is 10.2 Å². The average molecular weight is 427 g/mol. The van der Waals surface area contributed by atoms with Gasteiger partial charge in [0, 0.05) is 5.75 Å². The Bertz CT molecular complexity index is 808. The molecule has 0 spiro atoms. The van der Waals surface area contributed by atoms with Gasteiger partial charge >= 0.3 is 5.97 Å². The number of phenolic OH excluding ortho intramolecular Hbond substituents is 1. The molecule has 0 aliphatic carbocycles. The first-order chi connectivity index (χ1) is 13.0. The molecule has 0 aliphatic rings. The minimum absolute atomic E-state index is 0.0883. The molecule has 0 unspecified atom stereocenters. The monoisotopic (exact) mass is 426 g/mol. The molecule has 0 fully saturated rings. The standard InChI is InChI=1S/C18H22N2O4S3/c1-4-6-14-12(7-8-13(11(3)21)16(14)23)9-25-17-19-20-18(27-17)26-10-15(22)24-5-2/h7-8,23H,4-6,9-10H2,1-3H3. The third kappa shape index (κ3) is 6.22. The highest BCUT2D eigenvalue weighted by molar-refractivity contribution is 8.03. The van der Waals surface area contributed by atoms with Crippen LogP contribution in [-0.4, -0.2) is 39.4 Å². The molecular weight excluding hydrogens is 404 g/mol. The second-order valence-electron chi connectivity index (χ2n) is 5.62. The Hall–Kier alpha value is -1.58. The number of esters is 1. The Balaban J connectivity index is 2.03. The lowest BCUT2D eigenvalue weighted by molar-refractivity contribution is -0.139. The molecule has 1 aromatic carbocycles. The lowest BCUT2D eigenvalue weighted by Gasteiger charge is -2.12. The van der Waals surface area contributed by atoms with Crippen molar-refractivity contribution in [2.75, 3.05) is 12.4 Å². The molecule has 1 aromatic heterocycles. The smallest absolute Gasteiger partial charge is 0.316 e. The second kappa shape index (κ2) is 10.7. The Morgan fingerprint density at radius 2 is 1.89 bits per heavy atom. The van der Waals surface area contributed by atoms with Crippen LogP contribution in [0.1, 0.15) is 48.7 Å². The summed E-state index contributed by atoms with van der Waals surface area (Å²) >= 11 is 4.25. The number of benzene rings is 1. The largest absolute Gasteiger partial charge is 0.507 e. The zero-order valence-electron chi connectivity index (χ0n) is 15.5. The summed E-state index contributed by atoms with van der Waals surface area (Å²) in [5, 5.41) is 18.7. The fourth-order valence-corrected chi connectivity index (χ4v) is 5.24. The van der Waals surface area contributed by atoms with Crippen molar-refractivity contribution in [3.63, 3.8) is 0 Å². The van der Waals surface area contributed by atoms with Crippen LogP contribution < -0.4 is 0 Å². The van der Waals surface area contributed by atoms with Crippen LogP contribution in [0, 0.1) is 0 Å². The summed E-state index contributed by atoms with van der Waals surface area (Å²) in [6, 6.07) is 3.57. The van der Waals surface area contributed by atoms with E-state index in [-0.39, 0.29) is 23.3 Å². The fraction of sp³-hybridized carbons (Fsp3) is 0.444. The van der Waals surface area contributed by atoms with Gasteiger partial charge in [0.05, 0.1) is 17.9 Å². The third-order valence-electron chi connectivity index (χ3n) is 3.62. The van der Waals surface area contributed by atoms with Crippen molar-refractivity contribution in [3.8, 4) is 5.75 Å². The van der Waals surface area contributed by atoms with Gasteiger partial charge in [-0.1, -0.05) is 54.3 Å². The summed E-state index contributed by atoms with van der Waals surface area (Å²) in [6.45, 7) is 5.63. The maximum Gasteiger partial charge on any atom is 0.316 e. The number of thioether (sulfide) groups is 2. The maximum atomic E-state index is 11.6. The molecule has 0 saturated heterocycles. The van der Waals surface area contributed by atoms with Crippen LogP contribution in [0.25, 0.3) is 0 Å². The molecule has 9 heteroatoms. The summed E-state index contributed by atoms with van der Waals surface area (Å²) < 4.78 is 6.40. The minimum atomic E-state index is -0.267. The zero-order chi connectivity index (χ0) is 19.8. The van der Waals surface area contributed by atoms with Crippen molar-refractivity contribution in [2.45, 2.75) is 48.0 Å². The van der Waals surface area contributed by atoms with E-state index in [0.29, 0.717) is 28.7 Å². The van der Waals surface area contributed by atoms with Gasteiger partial charge in [-0.2, -0.15) is 0 Å². The van der Waals surface area contributed by atoms with E-state index < -0.39 is 0 Å². The second-order valence-corrected chi connectivity index (χ2v) is 9.04. The molecule has 27 heavy (non-hydrogen) atoms. The fourth-order valence-electron chi connectivity index (χ4n) is 2.40. The molecule has 6 nitrogen and oxygen atoms in total. The number of hydrogen-bond acceptors (Lipinski definition) is 9. The molecule has 0 aliphatic heterocycles. The van der Waals surface area contributed by atoms with Crippen molar-refractivity contribution in [2.24, 2.45) is 0 Å². The molecule has 2 rings (SSSR count). The third-order valence-corrected chi connectivity index (χ3v) is 6.83. The van der Waals surface area contributed by atoms with Gasteiger partial charge in [0.2, 0.25) is 0 Å². The van der Waals surface area contributed by atoms with Crippen molar-refractivity contribution in [1.82, 2.24) is 10.2 Å². The maximum absolute atomic E-state index is 11.6. The SMILES string of the molecule is CCCc1c(CSc2nnc(SCC(=O)OCC)s2)ccc(C(C)=O)c1O. The van der Waals surface area contributed by atoms with E-state index in [1.807, 2.05) is 13.0 Å². The predicted octanol–water partition coefficient (Wildman–Crippen LogP) is 4.35. The Kier molecular flexibility index (Phi) is 8.59. The molecule has 0 bridgehead atoms. The average Bonchev–Trinajstić information content (AvgIpc) is 3.08. The van der Waals surface area contributed by atoms with E-state index in [4.69, 9.17) is 4.74 Å². The van der Waals surface area contributed by atoms with Gasteiger partial charge in [-0.05, 0) is 37.5 Å². The Morgan fingerprint density at radius 1 is 1.19 bits per heavy atom. The van der Waals surface area contributed by atoms with Crippen LogP contribution in [-0.2, 0) is 21.7 Å². The highest BCUT2D eigenvalue weighted by Gasteiger charge is 2.16. The first-order valence-electron chi connectivity index (χ1n) is 8.55. The number of rotatable bonds is 10. The number of aromatic nitrogens is 2. The molecule has 0 amide bonds. The van der Waals surface area contributed by atoms with Gasteiger partial charge in [0.1, 0.15) is 5.75 Å². The van der Waals surface area contributed by atoms with Gasteiger partial charge in [-0.3, -0.25) is 9.59 Å². The first kappa shape index (κ1) is 21.7. The van der Waals surface area contributed by atoms with Crippen LogP contribution in [0.3, 0.4) is 0 Å². The van der Waals surface area contributed by atoms with Gasteiger partial charge in [-0.25, -0.2) is 0 Å². The Labute approximate surface area is 171 Å². The predicted molar refractivity (Wildman–Crippen MR) is 109 cm³/mol. The van der Waals surface area contributed by atoms with E-state index in [9.17, 15) is 14.7 Å². The Morgan fingerprint density at radius 3 is 2.52 bits per heavy atom. The van der Waals surface area contributed by atoms with Crippen molar-refractivity contribution < 1.29 is 19.4 Å². The summed E-state index contributed by atoms with van der Waals surface area (Å²) in [5.41, 5.74) is 2.17. The van der Waals surface area contributed by atoms with Crippen molar-refractivity contribution in [1.29, 1.82) is 0 Å². The van der Waals surface area contributed by atoms with Gasteiger partial charge < -0.3 is 9.84 Å². The topological polar surface area (TPSA) is 89.4 Å². The highest BCUT2D eigenvalue weighted by atomic mass is 32.2. The van der Waals surface area contributed by atoms with E-state index in [1.54, 1.807) is 13.0 Å². The molecule has 0 saturated carbocycles. The quantitative estimate of drug-likeness (QED) is 0.341. The normalized spacial score (nSPS) is 10.8. The van der Waals surface area contributed by atoms with Gasteiger partial charge in [0.25, 0.3) is 0 Å². The molecule has 2 aromatic rings. The summed E-state index contributed by atoms with van der Waals surface area (Å²) in [7, 11) is 0. The number of carbonyl (C=O) groups is 2. The lowest BCUT2D eigenvalue weighted by Crippen LogP contribution is -2.06. The number of Topliss-reactive ketones (excluding diaryl/α,β-unsaturated/α-hetero) is 1. The zero-order valence-corrected chi connectivity index (χ0v) is 17.9.